The highest BCUT2D eigenvalue weighted by Gasteiger charge is 2.21. The first-order valence-corrected chi connectivity index (χ1v) is 6.40. The minimum atomic E-state index is -0.0926. The van der Waals surface area contributed by atoms with Gasteiger partial charge in [-0.2, -0.15) is 0 Å². The molecule has 2 heteroatoms. The van der Waals surface area contributed by atoms with Gasteiger partial charge in [0.25, 0.3) is 0 Å². The van der Waals surface area contributed by atoms with Crippen LogP contribution in [0, 0.1) is 11.8 Å². The van der Waals surface area contributed by atoms with Gasteiger partial charge in [-0.05, 0) is 38.9 Å². The van der Waals surface area contributed by atoms with Gasteiger partial charge in [-0.25, -0.2) is 0 Å². The van der Waals surface area contributed by atoms with Gasteiger partial charge in [-0.3, -0.25) is 4.90 Å². The highest BCUT2D eigenvalue weighted by atomic mass is 16.2. The fourth-order valence-electron chi connectivity index (χ4n) is 1.65. The lowest BCUT2D eigenvalue weighted by molar-refractivity contribution is 0.143. The Kier molecular flexibility index (Phi) is 5.40. The monoisotopic (exact) mass is 245 g/mol. The van der Waals surface area contributed by atoms with E-state index in [1.165, 1.54) is 5.56 Å². The molecular formula is C16H23NO. The largest absolute Gasteiger partial charge is 0.384 e. The van der Waals surface area contributed by atoms with E-state index in [0.29, 0.717) is 0 Å². The average Bonchev–Trinajstić information content (AvgIpc) is 2.37. The highest BCUT2D eigenvalue weighted by molar-refractivity contribution is 5.41. The molecule has 0 aliphatic heterocycles. The van der Waals surface area contributed by atoms with Crippen molar-refractivity contribution in [2.24, 2.45) is 0 Å². The molecule has 0 amide bonds. The third-order valence-corrected chi connectivity index (χ3v) is 3.63. The van der Waals surface area contributed by atoms with Gasteiger partial charge < -0.3 is 5.11 Å². The molecule has 0 atom stereocenters. The van der Waals surface area contributed by atoms with Gasteiger partial charge in [0.1, 0.15) is 6.61 Å². The van der Waals surface area contributed by atoms with E-state index in [1.807, 2.05) is 18.2 Å². The molecule has 0 aliphatic rings. The number of rotatable bonds is 4. The fourth-order valence-corrected chi connectivity index (χ4v) is 1.65. The third-order valence-electron chi connectivity index (χ3n) is 3.63. The standard InChI is InChI=1S/C16H23NO/c1-5-16(2,3)17(4)13-15-10-7-6-9-14(15)11-8-12-18/h6-7,9-10,18H,5,12-13H2,1-4H3. The average molecular weight is 245 g/mol. The number of aliphatic hydroxyl groups is 1. The van der Waals surface area contributed by atoms with E-state index in [0.717, 1.165) is 18.5 Å². The Labute approximate surface area is 111 Å². The second kappa shape index (κ2) is 6.58. The van der Waals surface area contributed by atoms with Crippen LogP contribution < -0.4 is 0 Å². The predicted molar refractivity (Wildman–Crippen MR) is 76.2 cm³/mol. The van der Waals surface area contributed by atoms with Crippen molar-refractivity contribution < 1.29 is 5.11 Å². The summed E-state index contributed by atoms with van der Waals surface area (Å²) in [5.74, 6) is 5.73. The summed E-state index contributed by atoms with van der Waals surface area (Å²) in [4.78, 5) is 2.34. The number of nitrogens with zero attached hydrogens (tertiary/aromatic N) is 1. The summed E-state index contributed by atoms with van der Waals surface area (Å²) in [7, 11) is 2.14. The molecule has 1 aromatic carbocycles. The van der Waals surface area contributed by atoms with Crippen LogP contribution in [0.1, 0.15) is 38.3 Å². The third kappa shape index (κ3) is 3.87. The minimum Gasteiger partial charge on any atom is -0.384 e. The molecule has 0 unspecified atom stereocenters. The second-order valence-corrected chi connectivity index (χ2v) is 5.14. The molecule has 2 nitrogen and oxygen atoms in total. The van der Waals surface area contributed by atoms with E-state index in [2.05, 4.69) is 50.6 Å². The van der Waals surface area contributed by atoms with Crippen LogP contribution in [-0.4, -0.2) is 29.2 Å². The zero-order chi connectivity index (χ0) is 13.6. The van der Waals surface area contributed by atoms with E-state index >= 15 is 0 Å². The van der Waals surface area contributed by atoms with Crippen molar-refractivity contribution >= 4 is 0 Å². The van der Waals surface area contributed by atoms with Crippen LogP contribution in [0.25, 0.3) is 0 Å². The van der Waals surface area contributed by atoms with Crippen molar-refractivity contribution in [1.82, 2.24) is 4.90 Å². The zero-order valence-corrected chi connectivity index (χ0v) is 11.8. The van der Waals surface area contributed by atoms with E-state index < -0.39 is 0 Å². The SMILES string of the molecule is CCC(C)(C)N(C)Cc1ccccc1C#CCO. The maximum atomic E-state index is 8.78. The van der Waals surface area contributed by atoms with Gasteiger partial charge in [-0.15, -0.1) is 0 Å². The van der Waals surface area contributed by atoms with E-state index in [9.17, 15) is 0 Å². The highest BCUT2D eigenvalue weighted by Crippen LogP contribution is 2.20. The van der Waals surface area contributed by atoms with E-state index in [4.69, 9.17) is 5.11 Å². The summed E-state index contributed by atoms with van der Waals surface area (Å²) >= 11 is 0. The molecule has 0 aliphatic carbocycles. The second-order valence-electron chi connectivity index (χ2n) is 5.14. The lowest BCUT2D eigenvalue weighted by atomic mass is 9.98. The summed E-state index contributed by atoms with van der Waals surface area (Å²) in [5, 5.41) is 8.78. The number of benzene rings is 1. The molecule has 1 aromatic rings. The lowest BCUT2D eigenvalue weighted by Gasteiger charge is -2.35. The summed E-state index contributed by atoms with van der Waals surface area (Å²) in [6.07, 6.45) is 1.11. The Balaban J connectivity index is 2.91. The molecular weight excluding hydrogens is 222 g/mol. The Morgan fingerprint density at radius 2 is 1.94 bits per heavy atom. The summed E-state index contributed by atoms with van der Waals surface area (Å²) in [6.45, 7) is 7.47. The van der Waals surface area contributed by atoms with Gasteiger partial charge in [0.15, 0.2) is 0 Å². The minimum absolute atomic E-state index is 0.0926. The zero-order valence-electron chi connectivity index (χ0n) is 11.8. The van der Waals surface area contributed by atoms with Gasteiger partial charge >= 0.3 is 0 Å². The molecule has 0 aromatic heterocycles. The van der Waals surface area contributed by atoms with E-state index in [-0.39, 0.29) is 12.1 Å². The van der Waals surface area contributed by atoms with Crippen LogP contribution in [0.2, 0.25) is 0 Å². The van der Waals surface area contributed by atoms with Gasteiger partial charge in [-0.1, -0.05) is 37.0 Å². The normalized spacial score (nSPS) is 11.2. The Bertz CT molecular complexity index is 440. The summed E-state index contributed by atoms with van der Waals surface area (Å²) in [6, 6.07) is 8.12. The van der Waals surface area contributed by atoms with Crippen LogP contribution in [0.3, 0.4) is 0 Å². The van der Waals surface area contributed by atoms with Crippen molar-refractivity contribution in [3.05, 3.63) is 35.4 Å². The van der Waals surface area contributed by atoms with Crippen LogP contribution in [0.5, 0.6) is 0 Å². The molecule has 1 rings (SSSR count). The quantitative estimate of drug-likeness (QED) is 0.824. The summed E-state index contributed by atoms with van der Waals surface area (Å²) < 4.78 is 0. The smallest absolute Gasteiger partial charge is 0.104 e. The van der Waals surface area contributed by atoms with Crippen molar-refractivity contribution in [1.29, 1.82) is 0 Å². The molecule has 0 heterocycles. The fraction of sp³-hybridized carbons (Fsp3) is 0.500. The van der Waals surface area contributed by atoms with Crippen molar-refractivity contribution in [2.75, 3.05) is 13.7 Å². The maximum absolute atomic E-state index is 8.78. The molecule has 0 fully saturated rings. The van der Waals surface area contributed by atoms with Gasteiger partial charge in [0, 0.05) is 17.6 Å². The van der Waals surface area contributed by atoms with E-state index in [1.54, 1.807) is 0 Å². The first-order valence-electron chi connectivity index (χ1n) is 6.40. The molecule has 0 saturated carbocycles. The van der Waals surface area contributed by atoms with Crippen LogP contribution >= 0.6 is 0 Å². The Morgan fingerprint density at radius 3 is 2.56 bits per heavy atom. The number of hydrogen-bond donors (Lipinski definition) is 1. The maximum Gasteiger partial charge on any atom is 0.104 e. The lowest BCUT2D eigenvalue weighted by Crippen LogP contribution is -2.39. The Morgan fingerprint density at radius 1 is 1.28 bits per heavy atom. The van der Waals surface area contributed by atoms with Gasteiger partial charge in [0.2, 0.25) is 0 Å². The van der Waals surface area contributed by atoms with Crippen LogP contribution in [-0.2, 0) is 6.54 Å². The molecule has 0 spiro atoms. The van der Waals surface area contributed by atoms with Crippen molar-refractivity contribution in [3.63, 3.8) is 0 Å². The number of hydrogen-bond acceptors (Lipinski definition) is 2. The first-order chi connectivity index (χ1) is 8.51. The van der Waals surface area contributed by atoms with Crippen LogP contribution in [0.4, 0.5) is 0 Å². The topological polar surface area (TPSA) is 23.5 Å². The molecule has 0 bridgehead atoms. The molecule has 98 valence electrons. The molecule has 0 radical (unpaired) electrons. The predicted octanol–water partition coefficient (Wildman–Crippen LogP) is 2.65. The first kappa shape index (κ1) is 14.8. The molecule has 0 saturated heterocycles. The van der Waals surface area contributed by atoms with Crippen molar-refractivity contribution in [3.8, 4) is 11.8 Å². The van der Waals surface area contributed by atoms with Gasteiger partial charge in [0.05, 0.1) is 0 Å². The van der Waals surface area contributed by atoms with Crippen LogP contribution in [0.15, 0.2) is 24.3 Å². The van der Waals surface area contributed by atoms with Crippen molar-refractivity contribution in [2.45, 2.75) is 39.3 Å². The summed E-state index contributed by atoms with van der Waals surface area (Å²) in [5.41, 5.74) is 2.39. The molecule has 18 heavy (non-hydrogen) atoms. The Hall–Kier alpha value is -1.30. The number of aliphatic hydroxyl groups excluding tert-OH is 1. The molecule has 1 N–H and O–H groups in total.